The smallest absolute Gasteiger partial charge is 0.160 e. The number of methoxy groups -OCH3 is 2. The number of aromatic nitrogens is 2. The van der Waals surface area contributed by atoms with Crippen molar-refractivity contribution in [2.24, 2.45) is 5.14 Å². The zero-order chi connectivity index (χ0) is 16.4. The molecule has 23 heavy (non-hydrogen) atoms. The van der Waals surface area contributed by atoms with Gasteiger partial charge in [0.15, 0.2) is 5.82 Å². The molecule has 3 aromatic rings. The summed E-state index contributed by atoms with van der Waals surface area (Å²) in [6.45, 7) is 0. The van der Waals surface area contributed by atoms with Gasteiger partial charge in [-0.25, -0.2) is 9.35 Å². The lowest BCUT2D eigenvalue weighted by atomic mass is 10.2. The fourth-order valence-corrected chi connectivity index (χ4v) is 2.87. The molecular formula is C15H16N4O3S. The standard InChI is InChI=1S/C15H16N4O3S/c1-21-12-8-14(23(16)20)13(22-2)7-11(12)17-15-9-5-3-4-6-10(9)18-19-15/h3-8H,16H2,1-2H3,(H2,17,18,19). The van der Waals surface area contributed by atoms with E-state index in [0.29, 0.717) is 27.9 Å². The quantitative estimate of drug-likeness (QED) is 0.665. The highest BCUT2D eigenvalue weighted by Crippen LogP contribution is 2.36. The largest absolute Gasteiger partial charge is 0.495 e. The summed E-state index contributed by atoms with van der Waals surface area (Å²) < 4.78 is 22.2. The van der Waals surface area contributed by atoms with Gasteiger partial charge in [-0.3, -0.25) is 5.10 Å². The Kier molecular flexibility index (Phi) is 4.18. The summed E-state index contributed by atoms with van der Waals surface area (Å²) >= 11 is 0. The van der Waals surface area contributed by atoms with Gasteiger partial charge in [0.25, 0.3) is 0 Å². The van der Waals surface area contributed by atoms with E-state index in [0.717, 1.165) is 10.9 Å². The SMILES string of the molecule is COc1cc(S(N)=O)c(OC)cc1Nc1n[nH]c2ccccc12. The van der Waals surface area contributed by atoms with Crippen LogP contribution >= 0.6 is 0 Å². The summed E-state index contributed by atoms with van der Waals surface area (Å²) in [5.41, 5.74) is 1.55. The van der Waals surface area contributed by atoms with E-state index in [-0.39, 0.29) is 0 Å². The third-order valence-corrected chi connectivity index (χ3v) is 4.18. The molecule has 0 aliphatic carbocycles. The number of hydrogen-bond donors (Lipinski definition) is 3. The van der Waals surface area contributed by atoms with Crippen molar-refractivity contribution in [2.45, 2.75) is 4.90 Å². The maximum atomic E-state index is 11.6. The minimum absolute atomic E-state index is 0.363. The molecule has 1 heterocycles. The highest BCUT2D eigenvalue weighted by molar-refractivity contribution is 7.82. The summed E-state index contributed by atoms with van der Waals surface area (Å²) in [5.74, 6) is 1.56. The van der Waals surface area contributed by atoms with Crippen molar-refractivity contribution < 1.29 is 13.7 Å². The van der Waals surface area contributed by atoms with Gasteiger partial charge in [0.2, 0.25) is 0 Å². The Morgan fingerprint density at radius 2 is 1.91 bits per heavy atom. The van der Waals surface area contributed by atoms with Crippen molar-refractivity contribution in [3.05, 3.63) is 36.4 Å². The number of ether oxygens (including phenoxy) is 2. The molecule has 4 N–H and O–H groups in total. The molecule has 0 saturated heterocycles. The molecule has 2 aromatic carbocycles. The summed E-state index contributed by atoms with van der Waals surface area (Å²) in [6.07, 6.45) is 0. The Bertz CT molecular complexity index is 878. The lowest BCUT2D eigenvalue weighted by Gasteiger charge is -2.14. The van der Waals surface area contributed by atoms with Crippen LogP contribution in [0.4, 0.5) is 11.5 Å². The van der Waals surface area contributed by atoms with Crippen molar-refractivity contribution in [1.29, 1.82) is 0 Å². The first-order chi connectivity index (χ1) is 11.1. The average Bonchev–Trinajstić information content (AvgIpc) is 2.97. The van der Waals surface area contributed by atoms with Gasteiger partial charge >= 0.3 is 0 Å². The van der Waals surface area contributed by atoms with Crippen molar-refractivity contribution in [3.63, 3.8) is 0 Å². The number of aromatic amines is 1. The van der Waals surface area contributed by atoms with Crippen LogP contribution in [0.5, 0.6) is 11.5 Å². The van der Waals surface area contributed by atoms with E-state index in [1.54, 1.807) is 12.1 Å². The molecule has 0 aliphatic rings. The summed E-state index contributed by atoms with van der Waals surface area (Å²) in [4.78, 5) is 0.363. The topological polar surface area (TPSA) is 102 Å². The third-order valence-electron chi connectivity index (χ3n) is 3.43. The zero-order valence-corrected chi connectivity index (χ0v) is 13.4. The van der Waals surface area contributed by atoms with Crippen LogP contribution < -0.4 is 19.9 Å². The average molecular weight is 332 g/mol. The Hall–Kier alpha value is -2.58. The van der Waals surface area contributed by atoms with E-state index in [2.05, 4.69) is 15.5 Å². The van der Waals surface area contributed by atoms with Crippen LogP contribution in [0.3, 0.4) is 0 Å². The van der Waals surface area contributed by atoms with E-state index in [4.69, 9.17) is 14.6 Å². The van der Waals surface area contributed by atoms with E-state index >= 15 is 0 Å². The van der Waals surface area contributed by atoms with Gasteiger partial charge in [0.1, 0.15) is 22.5 Å². The lowest BCUT2D eigenvalue weighted by Crippen LogP contribution is -2.06. The Morgan fingerprint density at radius 1 is 1.17 bits per heavy atom. The van der Waals surface area contributed by atoms with Gasteiger partial charge in [-0.1, -0.05) is 12.1 Å². The van der Waals surface area contributed by atoms with Gasteiger partial charge < -0.3 is 14.8 Å². The van der Waals surface area contributed by atoms with Crippen molar-refractivity contribution in [2.75, 3.05) is 19.5 Å². The number of anilines is 2. The summed E-state index contributed by atoms with van der Waals surface area (Å²) in [7, 11) is 1.34. The van der Waals surface area contributed by atoms with Crippen LogP contribution in [-0.2, 0) is 11.0 Å². The number of rotatable bonds is 5. The molecule has 1 atom stereocenters. The van der Waals surface area contributed by atoms with Gasteiger partial charge in [0.05, 0.1) is 30.3 Å². The maximum Gasteiger partial charge on any atom is 0.160 e. The van der Waals surface area contributed by atoms with E-state index in [1.165, 1.54) is 14.2 Å². The molecule has 0 amide bonds. The van der Waals surface area contributed by atoms with Gasteiger partial charge in [0, 0.05) is 17.5 Å². The Labute approximate surface area is 135 Å². The molecule has 7 nitrogen and oxygen atoms in total. The first-order valence-corrected chi connectivity index (χ1v) is 7.97. The second-order valence-corrected chi connectivity index (χ2v) is 5.78. The van der Waals surface area contributed by atoms with Gasteiger partial charge in [-0.05, 0) is 12.1 Å². The van der Waals surface area contributed by atoms with Crippen LogP contribution in [0.15, 0.2) is 41.3 Å². The number of nitrogens with zero attached hydrogens (tertiary/aromatic N) is 1. The molecule has 0 radical (unpaired) electrons. The van der Waals surface area contributed by atoms with Crippen molar-refractivity contribution in [3.8, 4) is 11.5 Å². The lowest BCUT2D eigenvalue weighted by molar-refractivity contribution is 0.395. The number of nitrogens with two attached hydrogens (primary N) is 1. The minimum atomic E-state index is -1.68. The molecule has 0 aliphatic heterocycles. The van der Waals surface area contributed by atoms with Gasteiger partial charge in [-0.15, -0.1) is 0 Å². The molecule has 8 heteroatoms. The van der Waals surface area contributed by atoms with Crippen molar-refractivity contribution in [1.82, 2.24) is 10.2 Å². The van der Waals surface area contributed by atoms with Gasteiger partial charge in [-0.2, -0.15) is 5.10 Å². The number of fused-ring (bicyclic) bond motifs is 1. The molecule has 0 fully saturated rings. The van der Waals surface area contributed by atoms with Crippen LogP contribution in [0.1, 0.15) is 0 Å². The van der Waals surface area contributed by atoms with Crippen LogP contribution in [0, 0.1) is 0 Å². The van der Waals surface area contributed by atoms with Crippen LogP contribution in [0.25, 0.3) is 10.9 Å². The maximum absolute atomic E-state index is 11.6. The molecule has 120 valence electrons. The molecule has 0 bridgehead atoms. The van der Waals surface area contributed by atoms with E-state index in [1.807, 2.05) is 24.3 Å². The highest BCUT2D eigenvalue weighted by atomic mass is 32.2. The predicted molar refractivity (Wildman–Crippen MR) is 89.5 cm³/mol. The summed E-state index contributed by atoms with van der Waals surface area (Å²) in [6, 6.07) is 11.0. The van der Waals surface area contributed by atoms with E-state index in [9.17, 15) is 4.21 Å². The molecule has 1 aromatic heterocycles. The minimum Gasteiger partial charge on any atom is -0.495 e. The molecule has 0 saturated carbocycles. The molecular weight excluding hydrogens is 316 g/mol. The first-order valence-electron chi connectivity index (χ1n) is 6.76. The predicted octanol–water partition coefficient (Wildman–Crippen LogP) is 2.30. The number of nitrogens with one attached hydrogen (secondary N) is 2. The van der Waals surface area contributed by atoms with Crippen LogP contribution in [-0.4, -0.2) is 28.6 Å². The Morgan fingerprint density at radius 3 is 2.61 bits per heavy atom. The van der Waals surface area contributed by atoms with Crippen LogP contribution in [0.2, 0.25) is 0 Å². The van der Waals surface area contributed by atoms with Crippen molar-refractivity contribution >= 4 is 33.4 Å². The fourth-order valence-electron chi connectivity index (χ4n) is 2.31. The normalized spacial score (nSPS) is 12.1. The Balaban J connectivity index is 2.07. The molecule has 0 spiro atoms. The number of hydrogen-bond acceptors (Lipinski definition) is 5. The van der Waals surface area contributed by atoms with E-state index < -0.39 is 11.0 Å². The second kappa shape index (κ2) is 6.27. The zero-order valence-electron chi connectivity index (χ0n) is 12.6. The monoisotopic (exact) mass is 332 g/mol. The fraction of sp³-hybridized carbons (Fsp3) is 0.133. The third kappa shape index (κ3) is 2.86. The first kappa shape index (κ1) is 15.3. The number of para-hydroxylation sites is 1. The number of H-pyrrole nitrogens is 1. The number of benzene rings is 2. The highest BCUT2D eigenvalue weighted by Gasteiger charge is 2.16. The molecule has 3 rings (SSSR count). The molecule has 1 unspecified atom stereocenters. The second-order valence-electron chi connectivity index (χ2n) is 4.74. The summed E-state index contributed by atoms with van der Waals surface area (Å²) in [5, 5.41) is 16.8.